The summed E-state index contributed by atoms with van der Waals surface area (Å²) in [4.78, 5) is 13.1. The summed E-state index contributed by atoms with van der Waals surface area (Å²) in [6.07, 6.45) is 6.23. The SMILES string of the molecule is CCC(C(=O)Nc1ccc(S(=O)(=O)N2CCCCCC2)cc1)n1c(N)nnc1SC. The van der Waals surface area contributed by atoms with E-state index in [1.165, 1.54) is 23.9 Å². The lowest BCUT2D eigenvalue weighted by Crippen LogP contribution is -2.32. The quantitative estimate of drug-likeness (QED) is 0.619. The smallest absolute Gasteiger partial charge is 0.247 e. The van der Waals surface area contributed by atoms with Gasteiger partial charge >= 0.3 is 0 Å². The van der Waals surface area contributed by atoms with Crippen molar-refractivity contribution in [3.63, 3.8) is 0 Å². The van der Waals surface area contributed by atoms with E-state index < -0.39 is 16.1 Å². The summed E-state index contributed by atoms with van der Waals surface area (Å²) in [5.41, 5.74) is 6.42. The molecule has 1 amide bonds. The Hall–Kier alpha value is -2.11. The molecule has 0 spiro atoms. The van der Waals surface area contributed by atoms with Gasteiger partial charge in [0, 0.05) is 18.8 Å². The van der Waals surface area contributed by atoms with E-state index >= 15 is 0 Å². The van der Waals surface area contributed by atoms with Crippen LogP contribution in [0.4, 0.5) is 11.6 Å². The summed E-state index contributed by atoms with van der Waals surface area (Å²) in [5, 5.41) is 11.2. The number of nitrogen functional groups attached to an aromatic ring is 1. The number of sulfonamides is 1. The maximum Gasteiger partial charge on any atom is 0.247 e. The second-order valence-electron chi connectivity index (χ2n) is 7.17. The number of rotatable bonds is 7. The van der Waals surface area contributed by atoms with Crippen molar-refractivity contribution in [1.82, 2.24) is 19.1 Å². The number of benzene rings is 1. The molecule has 1 saturated heterocycles. The van der Waals surface area contributed by atoms with Crippen molar-refractivity contribution >= 4 is 39.3 Å². The van der Waals surface area contributed by atoms with Crippen LogP contribution in [0.25, 0.3) is 0 Å². The van der Waals surface area contributed by atoms with E-state index in [1.807, 2.05) is 13.2 Å². The molecule has 1 aromatic heterocycles. The normalized spacial score (nSPS) is 16.7. The summed E-state index contributed by atoms with van der Waals surface area (Å²) < 4.78 is 29.0. The van der Waals surface area contributed by atoms with Gasteiger partial charge in [0.25, 0.3) is 0 Å². The molecule has 11 heteroatoms. The molecule has 2 heterocycles. The van der Waals surface area contributed by atoms with Crippen molar-refractivity contribution in [3.05, 3.63) is 24.3 Å². The third-order valence-corrected chi connectivity index (χ3v) is 7.76. The maximum absolute atomic E-state index is 12.9. The van der Waals surface area contributed by atoms with Crippen LogP contribution in [0.15, 0.2) is 34.3 Å². The Morgan fingerprint density at radius 3 is 2.37 bits per heavy atom. The van der Waals surface area contributed by atoms with Crippen molar-refractivity contribution in [2.24, 2.45) is 0 Å². The molecule has 2 aromatic rings. The van der Waals surface area contributed by atoms with Gasteiger partial charge in [-0.2, -0.15) is 4.31 Å². The third-order valence-electron chi connectivity index (χ3n) is 5.20. The molecule has 1 aliphatic heterocycles. The minimum Gasteiger partial charge on any atom is -0.368 e. The predicted octanol–water partition coefficient (Wildman–Crippen LogP) is 2.74. The van der Waals surface area contributed by atoms with E-state index in [2.05, 4.69) is 15.5 Å². The van der Waals surface area contributed by atoms with E-state index in [0.29, 0.717) is 30.4 Å². The zero-order chi connectivity index (χ0) is 21.7. The summed E-state index contributed by atoms with van der Waals surface area (Å²) in [5.74, 6) is -0.0809. The first kappa shape index (κ1) is 22.6. The number of thioether (sulfide) groups is 1. The maximum atomic E-state index is 12.9. The molecule has 0 radical (unpaired) electrons. The monoisotopic (exact) mass is 452 g/mol. The number of carbonyl (C=O) groups is 1. The van der Waals surface area contributed by atoms with Crippen LogP contribution in [0.5, 0.6) is 0 Å². The second kappa shape index (κ2) is 9.80. The summed E-state index contributed by atoms with van der Waals surface area (Å²) in [6, 6.07) is 5.73. The van der Waals surface area contributed by atoms with Crippen molar-refractivity contribution in [2.75, 3.05) is 30.4 Å². The molecule has 164 valence electrons. The van der Waals surface area contributed by atoms with Crippen LogP contribution >= 0.6 is 11.8 Å². The van der Waals surface area contributed by atoms with Crippen LogP contribution in [0, 0.1) is 0 Å². The van der Waals surface area contributed by atoms with Crippen LogP contribution < -0.4 is 11.1 Å². The lowest BCUT2D eigenvalue weighted by molar-refractivity contribution is -0.119. The molecule has 0 aliphatic carbocycles. The highest BCUT2D eigenvalue weighted by Gasteiger charge is 2.26. The average molecular weight is 453 g/mol. The number of anilines is 2. The molecule has 1 aliphatic rings. The van der Waals surface area contributed by atoms with Gasteiger partial charge < -0.3 is 11.1 Å². The highest BCUT2D eigenvalue weighted by molar-refractivity contribution is 7.98. The molecule has 9 nitrogen and oxygen atoms in total. The van der Waals surface area contributed by atoms with Crippen molar-refractivity contribution in [2.45, 2.75) is 55.1 Å². The fraction of sp³-hybridized carbons (Fsp3) is 0.526. The Morgan fingerprint density at radius 2 is 1.80 bits per heavy atom. The topological polar surface area (TPSA) is 123 Å². The van der Waals surface area contributed by atoms with Gasteiger partial charge in [-0.15, -0.1) is 10.2 Å². The summed E-state index contributed by atoms with van der Waals surface area (Å²) in [7, 11) is -3.52. The van der Waals surface area contributed by atoms with E-state index in [0.717, 1.165) is 25.7 Å². The molecule has 1 unspecified atom stereocenters. The Morgan fingerprint density at radius 1 is 1.17 bits per heavy atom. The number of carbonyl (C=O) groups excluding carboxylic acids is 1. The fourth-order valence-electron chi connectivity index (χ4n) is 3.57. The van der Waals surface area contributed by atoms with Crippen LogP contribution in [-0.4, -0.2) is 52.7 Å². The molecule has 3 rings (SSSR count). The lowest BCUT2D eigenvalue weighted by Gasteiger charge is -2.20. The second-order valence-corrected chi connectivity index (χ2v) is 9.88. The third kappa shape index (κ3) is 4.79. The number of amides is 1. The van der Waals surface area contributed by atoms with Crippen LogP contribution in [0.1, 0.15) is 45.1 Å². The van der Waals surface area contributed by atoms with E-state index in [1.54, 1.807) is 21.0 Å². The van der Waals surface area contributed by atoms with E-state index in [9.17, 15) is 13.2 Å². The molecule has 0 saturated carbocycles. The van der Waals surface area contributed by atoms with Gasteiger partial charge in [0.1, 0.15) is 6.04 Å². The molecule has 30 heavy (non-hydrogen) atoms. The molecule has 3 N–H and O–H groups in total. The lowest BCUT2D eigenvalue weighted by atomic mass is 10.2. The van der Waals surface area contributed by atoms with Gasteiger partial charge in [0.2, 0.25) is 21.9 Å². The van der Waals surface area contributed by atoms with Gasteiger partial charge in [-0.25, -0.2) is 8.42 Å². The molecule has 0 bridgehead atoms. The largest absolute Gasteiger partial charge is 0.368 e. The van der Waals surface area contributed by atoms with Crippen molar-refractivity contribution < 1.29 is 13.2 Å². The first-order valence-electron chi connectivity index (χ1n) is 10.0. The molecule has 1 fully saturated rings. The predicted molar refractivity (Wildman–Crippen MR) is 118 cm³/mol. The van der Waals surface area contributed by atoms with Gasteiger partial charge in [-0.1, -0.05) is 31.5 Å². The zero-order valence-corrected chi connectivity index (χ0v) is 18.9. The van der Waals surface area contributed by atoms with Gasteiger partial charge in [0.05, 0.1) is 4.90 Å². The van der Waals surface area contributed by atoms with Crippen LogP contribution in [0.2, 0.25) is 0 Å². The minimum absolute atomic E-state index is 0.181. The minimum atomic E-state index is -3.52. The van der Waals surface area contributed by atoms with Gasteiger partial charge in [0.15, 0.2) is 5.16 Å². The van der Waals surface area contributed by atoms with Crippen LogP contribution in [0.3, 0.4) is 0 Å². The fourth-order valence-corrected chi connectivity index (χ4v) is 5.63. The number of hydrogen-bond acceptors (Lipinski definition) is 7. The Kier molecular flexibility index (Phi) is 7.37. The summed E-state index contributed by atoms with van der Waals surface area (Å²) >= 11 is 1.36. The summed E-state index contributed by atoms with van der Waals surface area (Å²) in [6.45, 7) is 2.99. The molecular formula is C19H28N6O3S2. The number of hydrogen-bond donors (Lipinski definition) is 2. The van der Waals surface area contributed by atoms with Crippen LogP contribution in [-0.2, 0) is 14.8 Å². The number of aromatic nitrogens is 3. The number of nitrogens with one attached hydrogen (secondary N) is 1. The molecule has 1 aromatic carbocycles. The Bertz CT molecular complexity index is 967. The van der Waals surface area contributed by atoms with Crippen molar-refractivity contribution in [3.8, 4) is 0 Å². The zero-order valence-electron chi connectivity index (χ0n) is 17.2. The average Bonchev–Trinajstić information content (AvgIpc) is 2.93. The standard InChI is InChI=1S/C19H28N6O3S2/c1-3-16(25-18(20)22-23-19(25)29-2)17(26)21-14-8-10-15(11-9-14)30(27,28)24-12-6-4-5-7-13-24/h8-11,16H,3-7,12-13H2,1-2H3,(H2,20,22)(H,21,26). The van der Waals surface area contributed by atoms with E-state index in [4.69, 9.17) is 5.73 Å². The first-order chi connectivity index (χ1) is 14.4. The number of nitrogens with zero attached hydrogens (tertiary/aromatic N) is 4. The van der Waals surface area contributed by atoms with E-state index in [-0.39, 0.29) is 16.8 Å². The first-order valence-corrected chi connectivity index (χ1v) is 12.7. The molecule has 1 atom stereocenters. The Balaban J connectivity index is 1.74. The van der Waals surface area contributed by atoms with Crippen molar-refractivity contribution in [1.29, 1.82) is 0 Å². The molecular weight excluding hydrogens is 424 g/mol. The number of nitrogens with two attached hydrogens (primary N) is 1. The highest BCUT2D eigenvalue weighted by Crippen LogP contribution is 2.26. The van der Waals surface area contributed by atoms with Gasteiger partial charge in [-0.05, 0) is 49.8 Å². The van der Waals surface area contributed by atoms with Gasteiger partial charge in [-0.3, -0.25) is 9.36 Å². The Labute approximate surface area is 181 Å². The highest BCUT2D eigenvalue weighted by atomic mass is 32.2.